The minimum Gasteiger partial charge on any atom is -0.326 e. The van der Waals surface area contributed by atoms with Crippen LogP contribution in [0.3, 0.4) is 0 Å². The monoisotopic (exact) mass is 463 g/mol. The number of nitrogens with one attached hydrogen (secondary N) is 2. The highest BCUT2D eigenvalue weighted by atomic mass is 35.5. The van der Waals surface area contributed by atoms with Crippen LogP contribution in [0.25, 0.3) is 0 Å². The van der Waals surface area contributed by atoms with E-state index < -0.39 is 0 Å². The Kier molecular flexibility index (Phi) is 7.73. The highest BCUT2D eigenvalue weighted by molar-refractivity contribution is 7.99. The zero-order valence-corrected chi connectivity index (χ0v) is 18.4. The van der Waals surface area contributed by atoms with Gasteiger partial charge in [-0.15, -0.1) is 10.2 Å². The lowest BCUT2D eigenvalue weighted by atomic mass is 10.3. The number of benzene rings is 2. The summed E-state index contributed by atoms with van der Waals surface area (Å²) < 4.78 is 1.82. The average molecular weight is 464 g/mol. The van der Waals surface area contributed by atoms with E-state index >= 15 is 0 Å². The van der Waals surface area contributed by atoms with Gasteiger partial charge in [-0.3, -0.25) is 9.59 Å². The summed E-state index contributed by atoms with van der Waals surface area (Å²) in [7, 11) is 0. The number of nitrogens with zero attached hydrogens (tertiary/aromatic N) is 3. The van der Waals surface area contributed by atoms with E-state index in [1.807, 2.05) is 41.8 Å². The van der Waals surface area contributed by atoms with Crippen molar-refractivity contribution in [1.29, 1.82) is 0 Å². The Hall–Kier alpha value is -2.55. The first-order valence-corrected chi connectivity index (χ1v) is 10.8. The molecule has 0 aliphatic heterocycles. The smallest absolute Gasteiger partial charge is 0.234 e. The summed E-state index contributed by atoms with van der Waals surface area (Å²) in [4.78, 5) is 24.6. The third kappa shape index (κ3) is 6.22. The first-order valence-electron chi connectivity index (χ1n) is 9.10. The van der Waals surface area contributed by atoms with E-state index in [0.29, 0.717) is 33.3 Å². The fourth-order valence-corrected chi connectivity index (χ4v) is 4.04. The van der Waals surface area contributed by atoms with Gasteiger partial charge in [-0.2, -0.15) is 0 Å². The van der Waals surface area contributed by atoms with Gasteiger partial charge in [-0.05, 0) is 37.3 Å². The van der Waals surface area contributed by atoms with E-state index in [-0.39, 0.29) is 24.0 Å². The topological polar surface area (TPSA) is 88.9 Å². The lowest BCUT2D eigenvalue weighted by molar-refractivity contribution is -0.116. The molecule has 0 atom stereocenters. The summed E-state index contributed by atoms with van der Waals surface area (Å²) in [6, 6.07) is 14.0. The predicted molar refractivity (Wildman–Crippen MR) is 120 cm³/mol. The number of para-hydroxylation sites is 1. The summed E-state index contributed by atoms with van der Waals surface area (Å²) in [5.41, 5.74) is 1.24. The fraction of sp³-hybridized carbons (Fsp3) is 0.200. The van der Waals surface area contributed by atoms with Crippen LogP contribution in [0, 0.1) is 0 Å². The molecule has 0 saturated carbocycles. The van der Waals surface area contributed by atoms with Gasteiger partial charge in [0.25, 0.3) is 0 Å². The van der Waals surface area contributed by atoms with Gasteiger partial charge in [-0.1, -0.05) is 53.2 Å². The highest BCUT2D eigenvalue weighted by Gasteiger charge is 2.16. The van der Waals surface area contributed by atoms with Gasteiger partial charge < -0.3 is 15.2 Å². The second-order valence-corrected chi connectivity index (χ2v) is 8.04. The minimum absolute atomic E-state index is 0.0868. The number of anilines is 2. The number of carbonyl (C=O) groups is 2. The zero-order chi connectivity index (χ0) is 21.5. The number of amides is 2. The average Bonchev–Trinajstić information content (AvgIpc) is 3.07. The van der Waals surface area contributed by atoms with Crippen LogP contribution in [0.1, 0.15) is 12.7 Å². The van der Waals surface area contributed by atoms with Gasteiger partial charge in [-0.25, -0.2) is 0 Å². The minimum atomic E-state index is -0.229. The molecule has 0 spiro atoms. The molecule has 30 heavy (non-hydrogen) atoms. The SMILES string of the molecule is CCn1c(CC(=O)Nc2ccccc2)nnc1SCC(=O)Nc1cc(Cl)cc(Cl)c1. The highest BCUT2D eigenvalue weighted by Crippen LogP contribution is 2.23. The van der Waals surface area contributed by atoms with Crippen molar-refractivity contribution in [2.75, 3.05) is 16.4 Å². The van der Waals surface area contributed by atoms with Gasteiger partial charge in [0.05, 0.1) is 12.2 Å². The van der Waals surface area contributed by atoms with Gasteiger partial charge in [0, 0.05) is 28.0 Å². The molecule has 156 valence electrons. The summed E-state index contributed by atoms with van der Waals surface area (Å²) in [5.74, 6) is 0.247. The molecular weight excluding hydrogens is 445 g/mol. The van der Waals surface area contributed by atoms with Crippen LogP contribution in [0.5, 0.6) is 0 Å². The molecule has 1 heterocycles. The maximum Gasteiger partial charge on any atom is 0.234 e. The quantitative estimate of drug-likeness (QED) is 0.479. The van der Waals surface area contributed by atoms with Crippen LogP contribution in [0.2, 0.25) is 10.0 Å². The molecule has 10 heteroatoms. The lowest BCUT2D eigenvalue weighted by Gasteiger charge is -2.09. The van der Waals surface area contributed by atoms with Gasteiger partial charge in [0.15, 0.2) is 5.16 Å². The number of rotatable bonds is 8. The van der Waals surface area contributed by atoms with Crippen molar-refractivity contribution in [3.8, 4) is 0 Å². The molecule has 3 rings (SSSR count). The number of hydrogen-bond acceptors (Lipinski definition) is 5. The first kappa shape index (κ1) is 22.1. The van der Waals surface area contributed by atoms with E-state index in [2.05, 4.69) is 20.8 Å². The van der Waals surface area contributed by atoms with Crippen molar-refractivity contribution < 1.29 is 9.59 Å². The molecule has 0 radical (unpaired) electrons. The van der Waals surface area contributed by atoms with Crippen molar-refractivity contribution in [3.63, 3.8) is 0 Å². The Morgan fingerprint density at radius 3 is 2.30 bits per heavy atom. The first-order chi connectivity index (χ1) is 14.4. The molecule has 2 amide bonds. The number of aromatic nitrogens is 3. The van der Waals surface area contributed by atoms with Crippen molar-refractivity contribution >= 4 is 58.2 Å². The van der Waals surface area contributed by atoms with Crippen molar-refractivity contribution in [1.82, 2.24) is 14.8 Å². The Bertz CT molecular complexity index is 1020. The van der Waals surface area contributed by atoms with Gasteiger partial charge in [0.2, 0.25) is 11.8 Å². The molecule has 0 fully saturated rings. The van der Waals surface area contributed by atoms with Crippen molar-refractivity contribution in [2.45, 2.75) is 25.0 Å². The molecule has 3 aromatic rings. The summed E-state index contributed by atoms with van der Waals surface area (Å²) in [5, 5.41) is 15.3. The second-order valence-electron chi connectivity index (χ2n) is 6.23. The predicted octanol–water partition coefficient (Wildman–Crippen LogP) is 4.52. The largest absolute Gasteiger partial charge is 0.326 e. The van der Waals surface area contributed by atoms with Gasteiger partial charge in [0.1, 0.15) is 5.82 Å². The van der Waals surface area contributed by atoms with Gasteiger partial charge >= 0.3 is 0 Å². The second kappa shape index (κ2) is 10.5. The molecule has 0 aliphatic carbocycles. The van der Waals surface area contributed by atoms with Crippen LogP contribution in [0.15, 0.2) is 53.7 Å². The maximum atomic E-state index is 12.3. The normalized spacial score (nSPS) is 10.6. The summed E-state index contributed by atoms with van der Waals surface area (Å²) in [6.45, 7) is 2.51. The third-order valence-electron chi connectivity index (χ3n) is 3.96. The molecule has 2 N–H and O–H groups in total. The van der Waals surface area contributed by atoms with Crippen LogP contribution >= 0.6 is 35.0 Å². The van der Waals surface area contributed by atoms with E-state index in [4.69, 9.17) is 23.2 Å². The molecule has 0 saturated heterocycles. The molecular formula is C20H19Cl2N5O2S. The maximum absolute atomic E-state index is 12.3. The number of hydrogen-bond donors (Lipinski definition) is 2. The Labute approximate surface area is 188 Å². The Morgan fingerprint density at radius 1 is 0.967 bits per heavy atom. The summed E-state index contributed by atoms with van der Waals surface area (Å²) >= 11 is 13.1. The third-order valence-corrected chi connectivity index (χ3v) is 5.37. The zero-order valence-electron chi connectivity index (χ0n) is 16.1. The Balaban J connectivity index is 1.58. The van der Waals surface area contributed by atoms with Crippen molar-refractivity contribution in [3.05, 3.63) is 64.4 Å². The van der Waals surface area contributed by atoms with Crippen molar-refractivity contribution in [2.24, 2.45) is 0 Å². The molecule has 0 bridgehead atoms. The van der Waals surface area contributed by atoms with E-state index in [9.17, 15) is 9.59 Å². The molecule has 7 nitrogen and oxygen atoms in total. The van der Waals surface area contributed by atoms with Crippen LogP contribution in [-0.4, -0.2) is 32.3 Å². The molecule has 1 aromatic heterocycles. The van der Waals surface area contributed by atoms with Crippen LogP contribution < -0.4 is 10.6 Å². The fourth-order valence-electron chi connectivity index (χ4n) is 2.70. The molecule has 2 aromatic carbocycles. The molecule has 0 unspecified atom stereocenters. The summed E-state index contributed by atoms with van der Waals surface area (Å²) in [6.07, 6.45) is 0.0868. The standard InChI is InChI=1S/C20H19Cl2N5O2S/c1-2-27-17(11-18(28)23-15-6-4-3-5-7-15)25-26-20(27)30-12-19(29)24-16-9-13(21)8-14(22)10-16/h3-10H,2,11-12H2,1H3,(H,23,28)(H,24,29). The number of thioether (sulfide) groups is 1. The van der Waals surface area contributed by atoms with Crippen LogP contribution in [0.4, 0.5) is 11.4 Å². The Morgan fingerprint density at radius 2 is 1.63 bits per heavy atom. The number of halogens is 2. The number of carbonyl (C=O) groups excluding carboxylic acids is 2. The van der Waals surface area contributed by atoms with E-state index in [1.54, 1.807) is 18.2 Å². The lowest BCUT2D eigenvalue weighted by Crippen LogP contribution is -2.18. The van der Waals surface area contributed by atoms with E-state index in [0.717, 1.165) is 5.69 Å². The van der Waals surface area contributed by atoms with Crippen LogP contribution in [-0.2, 0) is 22.6 Å². The molecule has 0 aliphatic rings. The van der Waals surface area contributed by atoms with E-state index in [1.165, 1.54) is 11.8 Å².